The van der Waals surface area contributed by atoms with Crippen molar-refractivity contribution in [3.8, 4) is 11.5 Å². The Kier molecular flexibility index (Phi) is 5.64. The first-order valence-corrected chi connectivity index (χ1v) is 11.6. The van der Waals surface area contributed by atoms with E-state index in [-0.39, 0.29) is 24.2 Å². The van der Waals surface area contributed by atoms with Gasteiger partial charge in [-0.15, -0.1) is 0 Å². The number of nitrogens with zero attached hydrogens (tertiary/aromatic N) is 2. The van der Waals surface area contributed by atoms with Gasteiger partial charge in [0.2, 0.25) is 17.7 Å². The van der Waals surface area contributed by atoms with Gasteiger partial charge in [-0.3, -0.25) is 9.59 Å². The number of hydrogen-bond acceptors (Lipinski definition) is 4. The maximum atomic E-state index is 12.9. The number of aryl methyl sites for hydroxylation is 1. The number of fused-ring (bicyclic) bond motifs is 1. The van der Waals surface area contributed by atoms with Gasteiger partial charge < -0.3 is 14.6 Å². The molecule has 5 rings (SSSR count). The number of carbonyl (C=O) groups excluding carboxylic acids is 2. The lowest BCUT2D eigenvalue weighted by Crippen LogP contribution is -2.38. The fraction of sp³-hybridized carbons (Fsp3) is 0.400. The number of anilines is 1. The molecule has 0 spiro atoms. The summed E-state index contributed by atoms with van der Waals surface area (Å²) in [6.45, 7) is 2.46. The van der Waals surface area contributed by atoms with Crippen molar-refractivity contribution in [3.63, 3.8) is 0 Å². The van der Waals surface area contributed by atoms with Crippen molar-refractivity contribution >= 4 is 40.2 Å². The minimum Gasteiger partial charge on any atom is -0.436 e. The monoisotopic (exact) mass is 451 g/mol. The van der Waals surface area contributed by atoms with E-state index in [1.165, 1.54) is 19.3 Å². The van der Waals surface area contributed by atoms with E-state index in [0.717, 1.165) is 24.0 Å². The molecular formula is C25H26ClN3O3. The fourth-order valence-electron chi connectivity index (χ4n) is 4.75. The highest BCUT2D eigenvalue weighted by Crippen LogP contribution is 2.31. The normalized spacial score (nSPS) is 19.6. The van der Waals surface area contributed by atoms with Crippen molar-refractivity contribution in [2.24, 2.45) is 5.92 Å². The molecule has 32 heavy (non-hydrogen) atoms. The van der Waals surface area contributed by atoms with Gasteiger partial charge in [0.25, 0.3) is 0 Å². The Balaban J connectivity index is 1.29. The summed E-state index contributed by atoms with van der Waals surface area (Å²) in [5, 5.41) is 3.62. The van der Waals surface area contributed by atoms with Crippen LogP contribution in [0.25, 0.3) is 22.6 Å². The summed E-state index contributed by atoms with van der Waals surface area (Å²) in [4.78, 5) is 31.9. The molecule has 166 valence electrons. The second kappa shape index (κ2) is 8.58. The number of aromatic nitrogens is 1. The van der Waals surface area contributed by atoms with Crippen LogP contribution < -0.4 is 5.32 Å². The van der Waals surface area contributed by atoms with E-state index in [0.29, 0.717) is 40.3 Å². The molecular weight excluding hydrogens is 426 g/mol. The average Bonchev–Trinajstić information content (AvgIpc) is 3.39. The highest BCUT2D eigenvalue weighted by Gasteiger charge is 2.38. The molecule has 1 saturated heterocycles. The van der Waals surface area contributed by atoms with Gasteiger partial charge in [-0.05, 0) is 55.7 Å². The number of nitrogens with one attached hydrogen (secondary N) is 1. The van der Waals surface area contributed by atoms with Crippen LogP contribution >= 0.6 is 11.6 Å². The lowest BCUT2D eigenvalue weighted by atomic mass is 9.94. The minimum absolute atomic E-state index is 0.102. The zero-order valence-electron chi connectivity index (χ0n) is 18.1. The lowest BCUT2D eigenvalue weighted by Gasteiger charge is -2.31. The third kappa shape index (κ3) is 4.11. The number of rotatable bonds is 4. The van der Waals surface area contributed by atoms with Crippen LogP contribution in [-0.2, 0) is 9.59 Å². The summed E-state index contributed by atoms with van der Waals surface area (Å²) in [6.07, 6.45) is 5.97. The molecule has 0 bridgehead atoms. The standard InChI is InChI=1S/C25H26ClN3O3/c1-15-7-8-16(11-20(15)26)25-28-21-13-18(9-10-22(21)32-25)27-24(31)17-12-23(30)29(14-17)19-5-3-2-4-6-19/h7-11,13,17,19H,2-6,12,14H2,1H3,(H,27,31)/t17-/m1/s1. The Labute approximate surface area is 191 Å². The van der Waals surface area contributed by atoms with Gasteiger partial charge >= 0.3 is 0 Å². The first-order valence-electron chi connectivity index (χ1n) is 11.3. The summed E-state index contributed by atoms with van der Waals surface area (Å²) < 4.78 is 5.87. The number of oxazole rings is 1. The van der Waals surface area contributed by atoms with E-state index < -0.39 is 0 Å². The summed E-state index contributed by atoms with van der Waals surface area (Å²) in [6, 6.07) is 11.4. The number of carbonyl (C=O) groups is 2. The van der Waals surface area contributed by atoms with Crippen molar-refractivity contribution in [2.75, 3.05) is 11.9 Å². The van der Waals surface area contributed by atoms with Crippen LogP contribution in [-0.4, -0.2) is 34.3 Å². The van der Waals surface area contributed by atoms with Crippen LogP contribution in [0.5, 0.6) is 0 Å². The van der Waals surface area contributed by atoms with E-state index in [9.17, 15) is 9.59 Å². The molecule has 1 aromatic heterocycles. The smallest absolute Gasteiger partial charge is 0.229 e. The van der Waals surface area contributed by atoms with E-state index in [1.54, 1.807) is 18.2 Å². The van der Waals surface area contributed by atoms with Gasteiger partial charge in [0.15, 0.2) is 5.58 Å². The quantitative estimate of drug-likeness (QED) is 0.562. The van der Waals surface area contributed by atoms with Crippen molar-refractivity contribution in [1.82, 2.24) is 9.88 Å². The lowest BCUT2D eigenvalue weighted by molar-refractivity contribution is -0.130. The Bertz CT molecular complexity index is 1180. The SMILES string of the molecule is Cc1ccc(-c2nc3cc(NC(=O)[C@@H]4CC(=O)N(C5CCCCC5)C4)ccc3o2)cc1Cl. The third-order valence-electron chi connectivity index (χ3n) is 6.62. The second-order valence-electron chi connectivity index (χ2n) is 8.89. The van der Waals surface area contributed by atoms with Crippen molar-refractivity contribution in [2.45, 2.75) is 51.5 Å². The van der Waals surface area contributed by atoms with Crippen LogP contribution in [0.1, 0.15) is 44.1 Å². The molecule has 2 amide bonds. The van der Waals surface area contributed by atoms with Crippen LogP contribution in [0.3, 0.4) is 0 Å². The zero-order chi connectivity index (χ0) is 22.2. The summed E-state index contributed by atoms with van der Waals surface area (Å²) in [5.41, 5.74) is 3.72. The second-order valence-corrected chi connectivity index (χ2v) is 9.30. The molecule has 2 aromatic carbocycles. The topological polar surface area (TPSA) is 75.4 Å². The number of halogens is 1. The number of benzene rings is 2. The summed E-state index contributed by atoms with van der Waals surface area (Å²) >= 11 is 6.23. The average molecular weight is 452 g/mol. The Hall–Kier alpha value is -2.86. The van der Waals surface area contributed by atoms with Gasteiger partial charge in [0, 0.05) is 35.3 Å². The van der Waals surface area contributed by atoms with Gasteiger partial charge in [0.05, 0.1) is 5.92 Å². The molecule has 2 fully saturated rings. The molecule has 1 aliphatic heterocycles. The number of amides is 2. The van der Waals surface area contributed by atoms with Crippen LogP contribution in [0.15, 0.2) is 40.8 Å². The van der Waals surface area contributed by atoms with Gasteiger partial charge in [-0.1, -0.05) is 36.9 Å². The van der Waals surface area contributed by atoms with Gasteiger partial charge in [-0.2, -0.15) is 0 Å². The largest absolute Gasteiger partial charge is 0.436 e. The maximum absolute atomic E-state index is 12.9. The highest BCUT2D eigenvalue weighted by atomic mass is 35.5. The van der Waals surface area contributed by atoms with E-state index >= 15 is 0 Å². The summed E-state index contributed by atoms with van der Waals surface area (Å²) in [7, 11) is 0. The van der Waals surface area contributed by atoms with Crippen LogP contribution in [0.2, 0.25) is 5.02 Å². The molecule has 0 radical (unpaired) electrons. The van der Waals surface area contributed by atoms with Crippen LogP contribution in [0.4, 0.5) is 5.69 Å². The first-order chi connectivity index (χ1) is 15.5. The molecule has 0 unspecified atom stereocenters. The Morgan fingerprint density at radius 1 is 1.16 bits per heavy atom. The molecule has 2 heterocycles. The minimum atomic E-state index is -0.317. The van der Waals surface area contributed by atoms with E-state index in [2.05, 4.69) is 10.3 Å². The van der Waals surface area contributed by atoms with Crippen molar-refractivity contribution < 1.29 is 14.0 Å². The Morgan fingerprint density at radius 3 is 2.75 bits per heavy atom. The molecule has 1 N–H and O–H groups in total. The van der Waals surface area contributed by atoms with Gasteiger partial charge in [-0.25, -0.2) is 4.98 Å². The molecule has 6 nitrogen and oxygen atoms in total. The molecule has 2 aliphatic rings. The number of hydrogen-bond donors (Lipinski definition) is 1. The maximum Gasteiger partial charge on any atom is 0.229 e. The number of likely N-dealkylation sites (tertiary alicyclic amines) is 1. The summed E-state index contributed by atoms with van der Waals surface area (Å²) in [5.74, 6) is 0.146. The fourth-order valence-corrected chi connectivity index (χ4v) is 4.93. The predicted molar refractivity (Wildman–Crippen MR) is 125 cm³/mol. The van der Waals surface area contributed by atoms with Gasteiger partial charge in [0.1, 0.15) is 5.52 Å². The molecule has 1 saturated carbocycles. The van der Waals surface area contributed by atoms with Crippen molar-refractivity contribution in [1.29, 1.82) is 0 Å². The van der Waals surface area contributed by atoms with E-state index in [4.69, 9.17) is 16.0 Å². The predicted octanol–water partition coefficient (Wildman–Crippen LogP) is 5.58. The molecule has 3 aromatic rings. The van der Waals surface area contributed by atoms with E-state index in [1.807, 2.05) is 30.0 Å². The highest BCUT2D eigenvalue weighted by molar-refractivity contribution is 6.31. The first kappa shape index (κ1) is 21.0. The zero-order valence-corrected chi connectivity index (χ0v) is 18.8. The Morgan fingerprint density at radius 2 is 1.97 bits per heavy atom. The third-order valence-corrected chi connectivity index (χ3v) is 7.03. The van der Waals surface area contributed by atoms with Crippen molar-refractivity contribution in [3.05, 3.63) is 47.0 Å². The molecule has 1 aliphatic carbocycles. The van der Waals surface area contributed by atoms with Crippen LogP contribution in [0, 0.1) is 12.8 Å². The molecule has 1 atom stereocenters. The molecule has 7 heteroatoms.